The zero-order chi connectivity index (χ0) is 15.7. The predicted molar refractivity (Wildman–Crippen MR) is 80.3 cm³/mol. The molecule has 0 spiro atoms. The number of carboxylic acid groups (broad SMARTS) is 1. The molecule has 1 aromatic carbocycles. The number of carbonyl (C=O) groups excluding carboxylic acids is 1. The Bertz CT molecular complexity index is 498. The Hall–Kier alpha value is -2.30. The molecule has 2 N–H and O–H groups in total. The summed E-state index contributed by atoms with van der Waals surface area (Å²) in [5, 5.41) is 11.8. The summed E-state index contributed by atoms with van der Waals surface area (Å²) in [7, 11) is 0. The quantitative estimate of drug-likeness (QED) is 0.570. The number of carbonyl (C=O) groups is 2. The zero-order valence-electron chi connectivity index (χ0n) is 12.3. The summed E-state index contributed by atoms with van der Waals surface area (Å²) in [6.07, 6.45) is 4.62. The van der Waals surface area contributed by atoms with Gasteiger partial charge in [-0.15, -0.1) is 0 Å². The third-order valence-electron chi connectivity index (χ3n) is 2.94. The molecular formula is C16H21NO4. The number of hydrogen-bond donors (Lipinski definition) is 2. The zero-order valence-corrected chi connectivity index (χ0v) is 12.3. The summed E-state index contributed by atoms with van der Waals surface area (Å²) < 4.78 is 5.40. The van der Waals surface area contributed by atoms with Gasteiger partial charge in [-0.25, -0.2) is 4.79 Å². The second-order valence-corrected chi connectivity index (χ2v) is 4.75. The SMILES string of the molecule is CCCCC(NC(C)=O)(O/C=C/c1ccccc1)C(=O)O. The molecule has 5 heteroatoms. The smallest absolute Gasteiger partial charge is 0.369 e. The van der Waals surface area contributed by atoms with Crippen molar-refractivity contribution in [1.29, 1.82) is 0 Å². The van der Waals surface area contributed by atoms with Crippen LogP contribution in [-0.2, 0) is 14.3 Å². The minimum absolute atomic E-state index is 0.206. The molecule has 0 saturated carbocycles. The molecule has 0 aromatic heterocycles. The molecule has 0 aliphatic carbocycles. The molecule has 0 heterocycles. The summed E-state index contributed by atoms with van der Waals surface area (Å²) in [5.74, 6) is -1.65. The van der Waals surface area contributed by atoms with E-state index < -0.39 is 17.6 Å². The molecule has 1 atom stereocenters. The minimum atomic E-state index is -1.72. The van der Waals surface area contributed by atoms with E-state index in [0.717, 1.165) is 12.0 Å². The number of aliphatic carboxylic acids is 1. The third-order valence-corrected chi connectivity index (χ3v) is 2.94. The maximum absolute atomic E-state index is 11.5. The van der Waals surface area contributed by atoms with Gasteiger partial charge < -0.3 is 15.2 Å². The molecule has 0 saturated heterocycles. The predicted octanol–water partition coefficient (Wildman–Crippen LogP) is 2.78. The second kappa shape index (κ2) is 8.09. The molecule has 0 aliphatic rings. The fourth-order valence-corrected chi connectivity index (χ4v) is 1.86. The van der Waals surface area contributed by atoms with Crippen molar-refractivity contribution in [2.24, 2.45) is 0 Å². The molecule has 1 amide bonds. The van der Waals surface area contributed by atoms with Gasteiger partial charge in [0, 0.05) is 13.3 Å². The largest absolute Gasteiger partial charge is 0.477 e. The van der Waals surface area contributed by atoms with E-state index in [4.69, 9.17) is 4.74 Å². The minimum Gasteiger partial charge on any atom is -0.477 e. The summed E-state index contributed by atoms with van der Waals surface area (Å²) in [6.45, 7) is 3.22. The van der Waals surface area contributed by atoms with Gasteiger partial charge in [0.2, 0.25) is 5.91 Å². The Morgan fingerprint density at radius 2 is 2.00 bits per heavy atom. The highest BCUT2D eigenvalue weighted by atomic mass is 16.5. The summed E-state index contributed by atoms with van der Waals surface area (Å²) in [5.41, 5.74) is -0.831. The summed E-state index contributed by atoms with van der Waals surface area (Å²) in [6, 6.07) is 9.36. The average molecular weight is 291 g/mol. The normalized spacial score (nSPS) is 13.6. The van der Waals surface area contributed by atoms with Crippen molar-refractivity contribution >= 4 is 18.0 Å². The molecule has 21 heavy (non-hydrogen) atoms. The van der Waals surface area contributed by atoms with Crippen LogP contribution in [0.4, 0.5) is 0 Å². The van der Waals surface area contributed by atoms with Crippen LogP contribution in [-0.4, -0.2) is 22.7 Å². The molecule has 1 aromatic rings. The van der Waals surface area contributed by atoms with Crippen molar-refractivity contribution in [3.63, 3.8) is 0 Å². The molecule has 114 valence electrons. The number of unbranched alkanes of at least 4 members (excludes halogenated alkanes) is 1. The molecule has 5 nitrogen and oxygen atoms in total. The van der Waals surface area contributed by atoms with E-state index in [0.29, 0.717) is 6.42 Å². The molecular weight excluding hydrogens is 270 g/mol. The van der Waals surface area contributed by atoms with Crippen LogP contribution in [0.2, 0.25) is 0 Å². The fourth-order valence-electron chi connectivity index (χ4n) is 1.86. The average Bonchev–Trinajstić information content (AvgIpc) is 2.45. The molecule has 0 aliphatic heterocycles. The number of nitrogens with one attached hydrogen (secondary N) is 1. The van der Waals surface area contributed by atoms with E-state index in [-0.39, 0.29) is 6.42 Å². The van der Waals surface area contributed by atoms with E-state index in [1.54, 1.807) is 6.08 Å². The highest BCUT2D eigenvalue weighted by molar-refractivity contribution is 5.84. The summed E-state index contributed by atoms with van der Waals surface area (Å²) >= 11 is 0. The second-order valence-electron chi connectivity index (χ2n) is 4.75. The van der Waals surface area contributed by atoms with Gasteiger partial charge >= 0.3 is 5.97 Å². The first-order valence-electron chi connectivity index (χ1n) is 6.92. The molecule has 0 radical (unpaired) electrons. The van der Waals surface area contributed by atoms with Gasteiger partial charge in [-0.1, -0.05) is 43.7 Å². The van der Waals surface area contributed by atoms with E-state index in [9.17, 15) is 14.7 Å². The van der Waals surface area contributed by atoms with Crippen LogP contribution < -0.4 is 5.32 Å². The number of rotatable bonds is 8. The number of amides is 1. The maximum Gasteiger partial charge on any atom is 0.369 e. The Morgan fingerprint density at radius 3 is 2.52 bits per heavy atom. The topological polar surface area (TPSA) is 75.6 Å². The number of benzene rings is 1. The highest BCUT2D eigenvalue weighted by Crippen LogP contribution is 2.18. The van der Waals surface area contributed by atoms with Crippen LogP contribution in [0, 0.1) is 0 Å². The molecule has 1 rings (SSSR count). The van der Waals surface area contributed by atoms with Gasteiger partial charge in [-0.05, 0) is 18.1 Å². The lowest BCUT2D eigenvalue weighted by Gasteiger charge is -2.29. The molecule has 1 unspecified atom stereocenters. The van der Waals surface area contributed by atoms with Crippen molar-refractivity contribution in [2.75, 3.05) is 0 Å². The lowest BCUT2D eigenvalue weighted by Crippen LogP contribution is -2.55. The Balaban J connectivity index is 2.86. The fraction of sp³-hybridized carbons (Fsp3) is 0.375. The van der Waals surface area contributed by atoms with E-state index in [2.05, 4.69) is 5.32 Å². The van der Waals surface area contributed by atoms with E-state index in [1.165, 1.54) is 13.2 Å². The first-order valence-corrected chi connectivity index (χ1v) is 6.92. The van der Waals surface area contributed by atoms with Crippen molar-refractivity contribution in [1.82, 2.24) is 5.32 Å². The van der Waals surface area contributed by atoms with Gasteiger partial charge in [-0.2, -0.15) is 0 Å². The first-order chi connectivity index (χ1) is 10.00. The number of hydrogen-bond acceptors (Lipinski definition) is 3. The van der Waals surface area contributed by atoms with E-state index >= 15 is 0 Å². The Kier molecular flexibility index (Phi) is 6.46. The van der Waals surface area contributed by atoms with Crippen LogP contribution in [0.15, 0.2) is 36.6 Å². The monoisotopic (exact) mass is 291 g/mol. The number of ether oxygens (including phenoxy) is 1. The van der Waals surface area contributed by atoms with Gasteiger partial charge in [0.25, 0.3) is 5.72 Å². The Morgan fingerprint density at radius 1 is 1.33 bits per heavy atom. The lowest BCUT2D eigenvalue weighted by atomic mass is 10.1. The van der Waals surface area contributed by atoms with Crippen molar-refractivity contribution in [2.45, 2.75) is 38.8 Å². The standard InChI is InChI=1S/C16H21NO4/c1-3-4-11-16(15(19)20,17-13(2)18)21-12-10-14-8-6-5-7-9-14/h5-10,12H,3-4,11H2,1-2H3,(H,17,18)(H,19,20)/b12-10+. The maximum atomic E-state index is 11.5. The molecule has 0 fully saturated rings. The molecule has 0 bridgehead atoms. The Labute approximate surface area is 124 Å². The van der Waals surface area contributed by atoms with Crippen LogP contribution in [0.3, 0.4) is 0 Å². The van der Waals surface area contributed by atoms with Crippen molar-refractivity contribution < 1.29 is 19.4 Å². The highest BCUT2D eigenvalue weighted by Gasteiger charge is 2.40. The lowest BCUT2D eigenvalue weighted by molar-refractivity contribution is -0.167. The number of carboxylic acids is 1. The van der Waals surface area contributed by atoms with Crippen molar-refractivity contribution in [3.8, 4) is 0 Å². The van der Waals surface area contributed by atoms with Crippen LogP contribution in [0.5, 0.6) is 0 Å². The van der Waals surface area contributed by atoms with Crippen LogP contribution >= 0.6 is 0 Å². The van der Waals surface area contributed by atoms with Gasteiger partial charge in [0.05, 0.1) is 6.26 Å². The van der Waals surface area contributed by atoms with Crippen LogP contribution in [0.25, 0.3) is 6.08 Å². The van der Waals surface area contributed by atoms with Gasteiger partial charge in [0.1, 0.15) is 0 Å². The first kappa shape index (κ1) is 16.8. The van der Waals surface area contributed by atoms with E-state index in [1.807, 2.05) is 37.3 Å². The summed E-state index contributed by atoms with van der Waals surface area (Å²) in [4.78, 5) is 22.8. The van der Waals surface area contributed by atoms with Crippen LogP contribution in [0.1, 0.15) is 38.7 Å². The van der Waals surface area contributed by atoms with Gasteiger partial charge in [0.15, 0.2) is 0 Å². The van der Waals surface area contributed by atoms with Gasteiger partial charge in [-0.3, -0.25) is 4.79 Å². The third kappa shape index (κ3) is 5.30. The van der Waals surface area contributed by atoms with Crippen molar-refractivity contribution in [3.05, 3.63) is 42.2 Å².